The Balaban J connectivity index is 2.10. The summed E-state index contributed by atoms with van der Waals surface area (Å²) >= 11 is 2.17. The highest BCUT2D eigenvalue weighted by Gasteiger charge is 2.45. The van der Waals surface area contributed by atoms with Gasteiger partial charge in [0.1, 0.15) is 0 Å². The van der Waals surface area contributed by atoms with E-state index in [0.717, 1.165) is 17.9 Å². The van der Waals surface area contributed by atoms with Gasteiger partial charge in [-0.2, -0.15) is 0 Å². The number of thioether (sulfide) groups is 1. The monoisotopic (exact) mass is 199 g/mol. The van der Waals surface area contributed by atoms with Crippen LogP contribution in [0.5, 0.6) is 0 Å². The number of hydrogen-bond acceptors (Lipinski definition) is 2. The molecule has 0 bridgehead atoms. The summed E-state index contributed by atoms with van der Waals surface area (Å²) in [6.07, 6.45) is 4.22. The van der Waals surface area contributed by atoms with E-state index in [1.807, 2.05) is 0 Å². The summed E-state index contributed by atoms with van der Waals surface area (Å²) in [5.74, 6) is 3.08. The molecule has 1 spiro atoms. The third-order valence-corrected chi connectivity index (χ3v) is 5.49. The zero-order valence-corrected chi connectivity index (χ0v) is 9.79. The molecule has 1 saturated carbocycles. The van der Waals surface area contributed by atoms with Gasteiger partial charge in [-0.25, -0.2) is 0 Å². The Bertz CT molecular complexity index is 195. The normalized spacial score (nSPS) is 51.5. The molecule has 0 aromatic rings. The lowest BCUT2D eigenvalue weighted by Crippen LogP contribution is -2.49. The second-order valence-electron chi connectivity index (χ2n) is 5.03. The molecule has 76 valence electrons. The van der Waals surface area contributed by atoms with Gasteiger partial charge in [0.15, 0.2) is 0 Å². The zero-order chi connectivity index (χ0) is 9.47. The minimum atomic E-state index is 0.442. The van der Waals surface area contributed by atoms with Crippen molar-refractivity contribution in [3.8, 4) is 0 Å². The molecule has 2 fully saturated rings. The van der Waals surface area contributed by atoms with E-state index < -0.39 is 0 Å². The van der Waals surface area contributed by atoms with Crippen molar-refractivity contribution in [3.63, 3.8) is 0 Å². The highest BCUT2D eigenvalue weighted by atomic mass is 32.2. The largest absolute Gasteiger partial charge is 0.299 e. The maximum absolute atomic E-state index is 3.81. The van der Waals surface area contributed by atoms with Crippen molar-refractivity contribution >= 4 is 11.8 Å². The van der Waals surface area contributed by atoms with Gasteiger partial charge in [-0.05, 0) is 31.6 Å². The van der Waals surface area contributed by atoms with Crippen molar-refractivity contribution < 1.29 is 0 Å². The Morgan fingerprint density at radius 1 is 1.23 bits per heavy atom. The van der Waals surface area contributed by atoms with Crippen LogP contribution in [0.2, 0.25) is 0 Å². The molecule has 1 aliphatic carbocycles. The van der Waals surface area contributed by atoms with Gasteiger partial charge in [-0.15, -0.1) is 11.8 Å². The average molecular weight is 199 g/mol. The lowest BCUT2D eigenvalue weighted by molar-refractivity contribution is 0.201. The SMILES string of the molecule is CC1CCC(C)C2(C1)NC(C)CS2. The first-order chi connectivity index (χ1) is 6.12. The molecule has 4 atom stereocenters. The van der Waals surface area contributed by atoms with E-state index in [2.05, 4.69) is 37.8 Å². The van der Waals surface area contributed by atoms with Crippen LogP contribution >= 0.6 is 11.8 Å². The van der Waals surface area contributed by atoms with Crippen LogP contribution in [0.15, 0.2) is 0 Å². The summed E-state index contributed by atoms with van der Waals surface area (Å²) in [5, 5.41) is 3.81. The van der Waals surface area contributed by atoms with Crippen LogP contribution in [0.25, 0.3) is 0 Å². The second kappa shape index (κ2) is 3.47. The second-order valence-corrected chi connectivity index (χ2v) is 6.38. The highest BCUT2D eigenvalue weighted by Crippen LogP contribution is 2.47. The molecular weight excluding hydrogens is 178 g/mol. The molecular formula is C11H21NS. The number of nitrogens with one attached hydrogen (secondary N) is 1. The summed E-state index contributed by atoms with van der Waals surface area (Å²) in [4.78, 5) is 0.442. The van der Waals surface area contributed by atoms with Gasteiger partial charge in [0.05, 0.1) is 4.87 Å². The predicted molar refractivity (Wildman–Crippen MR) is 60.0 cm³/mol. The molecule has 0 aromatic heterocycles. The minimum absolute atomic E-state index is 0.442. The molecule has 2 aliphatic rings. The van der Waals surface area contributed by atoms with Crippen LogP contribution in [0.3, 0.4) is 0 Å². The van der Waals surface area contributed by atoms with Crippen LogP contribution in [0.1, 0.15) is 40.0 Å². The van der Waals surface area contributed by atoms with Crippen molar-refractivity contribution in [2.24, 2.45) is 11.8 Å². The molecule has 13 heavy (non-hydrogen) atoms. The lowest BCUT2D eigenvalue weighted by Gasteiger charge is -2.42. The van der Waals surface area contributed by atoms with Crippen molar-refractivity contribution in [3.05, 3.63) is 0 Å². The Morgan fingerprint density at radius 3 is 2.62 bits per heavy atom. The van der Waals surface area contributed by atoms with Gasteiger partial charge < -0.3 is 0 Å². The van der Waals surface area contributed by atoms with E-state index in [1.54, 1.807) is 0 Å². The third kappa shape index (κ3) is 1.75. The van der Waals surface area contributed by atoms with E-state index in [0.29, 0.717) is 4.87 Å². The van der Waals surface area contributed by atoms with Gasteiger partial charge >= 0.3 is 0 Å². The smallest absolute Gasteiger partial charge is 0.0676 e. The predicted octanol–water partition coefficient (Wildman–Crippen LogP) is 2.86. The molecule has 0 aromatic carbocycles. The molecule has 1 saturated heterocycles. The molecule has 1 aliphatic heterocycles. The van der Waals surface area contributed by atoms with Gasteiger partial charge in [0.2, 0.25) is 0 Å². The standard InChI is InChI=1S/C11H21NS/c1-8-4-5-9(2)11(6-8)12-10(3)7-13-11/h8-10,12H,4-7H2,1-3H3. The first kappa shape index (κ1) is 9.85. The molecule has 1 N–H and O–H groups in total. The van der Waals surface area contributed by atoms with E-state index in [-0.39, 0.29) is 0 Å². The van der Waals surface area contributed by atoms with Crippen molar-refractivity contribution in [1.82, 2.24) is 5.32 Å². The van der Waals surface area contributed by atoms with Crippen molar-refractivity contribution in [1.29, 1.82) is 0 Å². The zero-order valence-electron chi connectivity index (χ0n) is 8.97. The van der Waals surface area contributed by atoms with E-state index >= 15 is 0 Å². The van der Waals surface area contributed by atoms with Gasteiger partial charge in [0.25, 0.3) is 0 Å². The molecule has 4 unspecified atom stereocenters. The fourth-order valence-electron chi connectivity index (χ4n) is 2.77. The molecule has 1 heterocycles. The van der Waals surface area contributed by atoms with E-state index in [4.69, 9.17) is 0 Å². The lowest BCUT2D eigenvalue weighted by atomic mass is 9.79. The van der Waals surface area contributed by atoms with Crippen LogP contribution < -0.4 is 5.32 Å². The van der Waals surface area contributed by atoms with Crippen LogP contribution in [-0.2, 0) is 0 Å². The van der Waals surface area contributed by atoms with Gasteiger partial charge in [-0.1, -0.05) is 20.3 Å². The average Bonchev–Trinajstić information content (AvgIpc) is 2.42. The van der Waals surface area contributed by atoms with Gasteiger partial charge in [-0.3, -0.25) is 5.32 Å². The summed E-state index contributed by atoms with van der Waals surface area (Å²) < 4.78 is 0. The fourth-order valence-corrected chi connectivity index (χ4v) is 4.49. The molecule has 0 amide bonds. The summed E-state index contributed by atoms with van der Waals surface area (Å²) in [6.45, 7) is 7.14. The molecule has 0 radical (unpaired) electrons. The molecule has 2 rings (SSSR count). The Morgan fingerprint density at radius 2 is 2.00 bits per heavy atom. The summed E-state index contributed by atoms with van der Waals surface area (Å²) in [6, 6.07) is 0.720. The first-order valence-corrected chi connectivity index (χ1v) is 6.52. The topological polar surface area (TPSA) is 12.0 Å². The summed E-state index contributed by atoms with van der Waals surface area (Å²) in [7, 11) is 0. The Hall–Kier alpha value is 0.310. The highest BCUT2D eigenvalue weighted by molar-refractivity contribution is 8.00. The van der Waals surface area contributed by atoms with Crippen LogP contribution in [0, 0.1) is 11.8 Å². The number of hydrogen-bond donors (Lipinski definition) is 1. The van der Waals surface area contributed by atoms with Crippen molar-refractivity contribution in [2.45, 2.75) is 50.9 Å². The van der Waals surface area contributed by atoms with Gasteiger partial charge in [0, 0.05) is 11.8 Å². The Kier molecular flexibility index (Phi) is 2.63. The molecule has 1 nitrogen and oxygen atoms in total. The first-order valence-electron chi connectivity index (χ1n) is 5.54. The molecule has 2 heteroatoms. The van der Waals surface area contributed by atoms with Crippen molar-refractivity contribution in [2.75, 3.05) is 5.75 Å². The number of rotatable bonds is 0. The third-order valence-electron chi connectivity index (χ3n) is 3.62. The van der Waals surface area contributed by atoms with E-state index in [1.165, 1.54) is 25.0 Å². The van der Waals surface area contributed by atoms with Crippen LogP contribution in [0.4, 0.5) is 0 Å². The van der Waals surface area contributed by atoms with E-state index in [9.17, 15) is 0 Å². The summed E-state index contributed by atoms with van der Waals surface area (Å²) in [5.41, 5.74) is 0. The fraction of sp³-hybridized carbons (Fsp3) is 1.00. The maximum Gasteiger partial charge on any atom is 0.0676 e. The minimum Gasteiger partial charge on any atom is -0.299 e. The maximum atomic E-state index is 3.81. The Labute approximate surface area is 86.0 Å². The quantitative estimate of drug-likeness (QED) is 0.644. The van der Waals surface area contributed by atoms with Crippen LogP contribution in [-0.4, -0.2) is 16.7 Å².